The number of rotatable bonds is 25. The molecule has 1 unspecified atom stereocenters. The Kier molecular flexibility index (Phi) is 28.5. The SMILES string of the molecule is CC(C)CCC(NC(=O)OC(C)(C)C)C(=O)CCCC(=O)c1cccc(OCC(C)(C)C)c1.CC(C)CCCC(=O)c1cccc(OC(C)(C)C)c1.CC(C)CCCC(=O)c1cccc(OCC(C)(C)C)c1. The van der Waals surface area contributed by atoms with E-state index in [2.05, 4.69) is 88.4 Å². The maximum absolute atomic E-state index is 12.8. The van der Waals surface area contributed by atoms with E-state index in [1.165, 1.54) is 0 Å². The average molecular weight is 1000 g/mol. The minimum atomic E-state index is -0.632. The fraction of sp³-hybridized carbons (Fsp3) is 0.629. The number of hydrogen-bond acceptors (Lipinski definition) is 9. The summed E-state index contributed by atoms with van der Waals surface area (Å²) in [6.07, 6.45) is 7.07. The first-order valence-corrected chi connectivity index (χ1v) is 26.6. The van der Waals surface area contributed by atoms with E-state index in [9.17, 15) is 24.0 Å². The van der Waals surface area contributed by atoms with Crippen LogP contribution in [0.4, 0.5) is 4.79 Å². The monoisotopic (exact) mass is 1000 g/mol. The first-order chi connectivity index (χ1) is 33.2. The van der Waals surface area contributed by atoms with Crippen LogP contribution in [-0.2, 0) is 9.53 Å². The molecule has 0 radical (unpaired) electrons. The van der Waals surface area contributed by atoms with Crippen molar-refractivity contribution >= 4 is 29.2 Å². The standard InChI is InChI=1S/C27H43NO5.C18H28O2.C17H26O2/c1-19(2)15-16-22(28-25(31)33-27(6,7)8)24(30)14-10-13-23(29)20-11-9-12-21(17-20)32-18-26(3,4)5;1-14(2)8-6-11-17(19)15-9-7-10-16(12-15)20-13-18(3,4)5;1-13(2)8-6-11-16(18)14-9-7-10-15(12-14)19-17(3,4)5/h9,11-12,17,19,22H,10,13-16,18H2,1-8H3,(H,28,31);7,9-10,12,14H,6,8,11,13H2,1-5H3;7,9-10,12-13H,6,8,11H2,1-5H3. The van der Waals surface area contributed by atoms with Gasteiger partial charge >= 0.3 is 6.09 Å². The van der Waals surface area contributed by atoms with Gasteiger partial charge in [0.15, 0.2) is 23.1 Å². The van der Waals surface area contributed by atoms with Gasteiger partial charge in [-0.05, 0) is 139 Å². The summed E-state index contributed by atoms with van der Waals surface area (Å²) in [5, 5.41) is 2.72. The summed E-state index contributed by atoms with van der Waals surface area (Å²) in [7, 11) is 0. The van der Waals surface area contributed by atoms with Crippen molar-refractivity contribution in [3.8, 4) is 17.2 Å². The number of ether oxygens (including phenoxy) is 4. The molecule has 0 aliphatic carbocycles. The lowest BCUT2D eigenvalue weighted by atomic mass is 9.96. The Labute approximate surface area is 436 Å². The second-order valence-corrected chi connectivity index (χ2v) is 24.8. The molecule has 0 heterocycles. The second-order valence-electron chi connectivity index (χ2n) is 24.8. The van der Waals surface area contributed by atoms with Crippen LogP contribution in [0.2, 0.25) is 0 Å². The zero-order valence-corrected chi connectivity index (χ0v) is 48.1. The van der Waals surface area contributed by atoms with Crippen LogP contribution < -0.4 is 19.5 Å². The summed E-state index contributed by atoms with van der Waals surface area (Å²) in [5.41, 5.74) is 1.38. The predicted molar refractivity (Wildman–Crippen MR) is 296 cm³/mol. The van der Waals surface area contributed by atoms with E-state index in [4.69, 9.17) is 18.9 Å². The van der Waals surface area contributed by atoms with Gasteiger partial charge in [0.1, 0.15) is 28.5 Å². The summed E-state index contributed by atoms with van der Waals surface area (Å²) in [5.74, 6) is 4.27. The molecule has 0 saturated carbocycles. The lowest BCUT2D eigenvalue weighted by molar-refractivity contribution is -0.121. The molecule has 1 atom stereocenters. The third kappa shape index (κ3) is 32.9. The Balaban J connectivity index is 0.000000572. The van der Waals surface area contributed by atoms with Crippen molar-refractivity contribution in [3.05, 3.63) is 89.5 Å². The summed E-state index contributed by atoms with van der Waals surface area (Å²) in [6.45, 7) is 38.1. The Morgan fingerprint density at radius 1 is 0.458 bits per heavy atom. The van der Waals surface area contributed by atoms with Gasteiger partial charge in [0, 0.05) is 42.4 Å². The van der Waals surface area contributed by atoms with Crippen LogP contribution in [0.1, 0.15) is 226 Å². The van der Waals surface area contributed by atoms with Crippen LogP contribution in [-0.4, -0.2) is 59.7 Å². The maximum atomic E-state index is 12.8. The highest BCUT2D eigenvalue weighted by atomic mass is 16.6. The minimum absolute atomic E-state index is 0.0251. The van der Waals surface area contributed by atoms with E-state index in [0.29, 0.717) is 68.0 Å². The van der Waals surface area contributed by atoms with Crippen LogP contribution in [0.5, 0.6) is 17.2 Å². The number of hydrogen-bond donors (Lipinski definition) is 1. The summed E-state index contributed by atoms with van der Waals surface area (Å²) in [4.78, 5) is 61.8. The number of alkyl carbamates (subject to hydrolysis) is 1. The van der Waals surface area contributed by atoms with Crippen molar-refractivity contribution in [2.75, 3.05) is 13.2 Å². The Hall–Kier alpha value is -4.99. The van der Waals surface area contributed by atoms with Crippen LogP contribution in [0, 0.1) is 28.6 Å². The Morgan fingerprint density at radius 2 is 0.833 bits per heavy atom. The molecular weight excluding hydrogens is 903 g/mol. The zero-order valence-electron chi connectivity index (χ0n) is 48.1. The first-order valence-electron chi connectivity index (χ1n) is 26.6. The fourth-order valence-electron chi connectivity index (χ4n) is 6.84. The highest BCUT2D eigenvalue weighted by molar-refractivity contribution is 5.97. The van der Waals surface area contributed by atoms with Crippen molar-refractivity contribution in [1.29, 1.82) is 0 Å². The number of carbonyl (C=O) groups excluding carboxylic acids is 5. The number of benzene rings is 3. The number of amides is 1. The minimum Gasteiger partial charge on any atom is -0.493 e. The molecule has 0 saturated heterocycles. The lowest BCUT2D eigenvalue weighted by Gasteiger charge is -2.23. The number of nitrogens with one attached hydrogen (secondary N) is 1. The van der Waals surface area contributed by atoms with Gasteiger partial charge in [-0.1, -0.05) is 132 Å². The highest BCUT2D eigenvalue weighted by Gasteiger charge is 2.25. The van der Waals surface area contributed by atoms with Crippen molar-refractivity contribution in [3.63, 3.8) is 0 Å². The van der Waals surface area contributed by atoms with Crippen molar-refractivity contribution in [2.24, 2.45) is 28.6 Å². The molecule has 0 aromatic heterocycles. The molecule has 3 aromatic carbocycles. The molecule has 3 aromatic rings. The summed E-state index contributed by atoms with van der Waals surface area (Å²) in [6, 6.07) is 21.6. The van der Waals surface area contributed by atoms with Crippen LogP contribution in [0.3, 0.4) is 0 Å². The smallest absolute Gasteiger partial charge is 0.408 e. The molecule has 3 rings (SSSR count). The van der Waals surface area contributed by atoms with Gasteiger partial charge in [-0.15, -0.1) is 0 Å². The quantitative estimate of drug-likeness (QED) is 0.0823. The van der Waals surface area contributed by atoms with E-state index >= 15 is 0 Å². The molecule has 0 spiro atoms. The molecule has 0 aliphatic heterocycles. The van der Waals surface area contributed by atoms with Gasteiger partial charge < -0.3 is 24.3 Å². The number of Topliss-reactive ketones (excluding diaryl/α,β-unsaturated/α-hetero) is 4. The van der Waals surface area contributed by atoms with Crippen molar-refractivity contribution in [2.45, 2.75) is 213 Å². The maximum Gasteiger partial charge on any atom is 0.408 e. The summed E-state index contributed by atoms with van der Waals surface area (Å²) >= 11 is 0. The van der Waals surface area contributed by atoms with Crippen molar-refractivity contribution in [1.82, 2.24) is 5.32 Å². The lowest BCUT2D eigenvalue weighted by Crippen LogP contribution is -2.43. The van der Waals surface area contributed by atoms with Gasteiger partial charge in [-0.2, -0.15) is 0 Å². The number of carbonyl (C=O) groups is 5. The molecule has 10 nitrogen and oxygen atoms in total. The molecule has 404 valence electrons. The van der Waals surface area contributed by atoms with E-state index in [1.807, 2.05) is 81.4 Å². The average Bonchev–Trinajstić information content (AvgIpc) is 3.25. The molecular formula is C62H97NO9. The Bertz CT molecular complexity index is 2090. The van der Waals surface area contributed by atoms with E-state index in [-0.39, 0.29) is 52.4 Å². The van der Waals surface area contributed by atoms with Gasteiger partial charge in [0.25, 0.3) is 0 Å². The fourth-order valence-corrected chi connectivity index (χ4v) is 6.84. The third-order valence-electron chi connectivity index (χ3n) is 10.5. The third-order valence-corrected chi connectivity index (χ3v) is 10.5. The number of ketones is 4. The molecule has 10 heteroatoms. The van der Waals surface area contributed by atoms with Crippen LogP contribution in [0.15, 0.2) is 72.8 Å². The molecule has 1 N–H and O–H groups in total. The van der Waals surface area contributed by atoms with Gasteiger partial charge in [0.05, 0.1) is 19.3 Å². The topological polar surface area (TPSA) is 134 Å². The molecule has 0 fully saturated rings. The predicted octanol–water partition coefficient (Wildman–Crippen LogP) is 16.4. The van der Waals surface area contributed by atoms with E-state index < -0.39 is 17.7 Å². The second kappa shape index (κ2) is 31.6. The highest BCUT2D eigenvalue weighted by Crippen LogP contribution is 2.24. The van der Waals surface area contributed by atoms with Gasteiger partial charge in [-0.3, -0.25) is 19.2 Å². The van der Waals surface area contributed by atoms with E-state index in [0.717, 1.165) is 54.7 Å². The van der Waals surface area contributed by atoms with Crippen LogP contribution in [0.25, 0.3) is 0 Å². The largest absolute Gasteiger partial charge is 0.493 e. The molecule has 1 amide bonds. The van der Waals surface area contributed by atoms with Crippen LogP contribution >= 0.6 is 0 Å². The molecule has 72 heavy (non-hydrogen) atoms. The molecule has 0 bridgehead atoms. The van der Waals surface area contributed by atoms with Gasteiger partial charge in [-0.25, -0.2) is 4.79 Å². The molecule has 0 aliphatic rings. The van der Waals surface area contributed by atoms with E-state index in [1.54, 1.807) is 32.9 Å². The van der Waals surface area contributed by atoms with Gasteiger partial charge in [0.2, 0.25) is 0 Å². The Morgan fingerprint density at radius 3 is 1.19 bits per heavy atom. The normalized spacial score (nSPS) is 12.2. The van der Waals surface area contributed by atoms with Crippen molar-refractivity contribution < 1.29 is 42.9 Å². The zero-order chi connectivity index (χ0) is 54.9. The first kappa shape index (κ1) is 65.0. The summed E-state index contributed by atoms with van der Waals surface area (Å²) < 4.78 is 22.6.